The van der Waals surface area contributed by atoms with Gasteiger partial charge in [0.15, 0.2) is 0 Å². The van der Waals surface area contributed by atoms with Crippen LogP contribution in [-0.2, 0) is 20.7 Å². The predicted octanol–water partition coefficient (Wildman–Crippen LogP) is 3.63. The molecule has 144 valence electrons. The molecule has 0 radical (unpaired) electrons. The van der Waals surface area contributed by atoms with Gasteiger partial charge in [0.1, 0.15) is 0 Å². The van der Waals surface area contributed by atoms with Gasteiger partial charge in [0.25, 0.3) is 5.91 Å². The van der Waals surface area contributed by atoms with Crippen molar-refractivity contribution < 1.29 is 14.3 Å². The molecule has 1 aliphatic heterocycles. The van der Waals surface area contributed by atoms with Crippen LogP contribution in [0, 0.1) is 0 Å². The summed E-state index contributed by atoms with van der Waals surface area (Å²) in [5, 5.41) is 5.88. The zero-order valence-electron chi connectivity index (χ0n) is 15.4. The second kappa shape index (κ2) is 7.75. The summed E-state index contributed by atoms with van der Waals surface area (Å²) in [5.41, 5.74) is 6.57. The summed E-state index contributed by atoms with van der Waals surface area (Å²) in [7, 11) is 0. The van der Waals surface area contributed by atoms with Crippen molar-refractivity contribution >= 4 is 34.6 Å². The molecule has 1 amide bonds. The van der Waals surface area contributed by atoms with Crippen molar-refractivity contribution in [2.45, 2.75) is 19.1 Å². The third-order valence-electron chi connectivity index (χ3n) is 4.73. The quantitative estimate of drug-likeness (QED) is 0.510. The number of carbonyl (C=O) groups is 1. The molecule has 3 aromatic rings. The second-order valence-corrected chi connectivity index (χ2v) is 7.14. The summed E-state index contributed by atoms with van der Waals surface area (Å²) in [4.78, 5) is 15.7. The van der Waals surface area contributed by atoms with E-state index >= 15 is 0 Å². The fourth-order valence-electron chi connectivity index (χ4n) is 3.22. The topological polar surface area (TPSA) is 75.7 Å². The van der Waals surface area contributed by atoms with E-state index in [1.54, 1.807) is 13.1 Å². The highest BCUT2D eigenvalue weighted by Gasteiger charge is 2.39. The van der Waals surface area contributed by atoms with E-state index in [2.05, 4.69) is 15.5 Å². The third kappa shape index (κ3) is 3.80. The van der Waals surface area contributed by atoms with Crippen LogP contribution in [0.5, 0.6) is 0 Å². The molecule has 7 heteroatoms. The molecule has 2 N–H and O–H groups in total. The largest absolute Gasteiger partial charge is 0.358 e. The number of H-pyrrole nitrogens is 1. The van der Waals surface area contributed by atoms with E-state index in [0.717, 1.165) is 27.7 Å². The first-order chi connectivity index (χ1) is 13.5. The van der Waals surface area contributed by atoms with E-state index in [1.807, 2.05) is 48.5 Å². The van der Waals surface area contributed by atoms with Crippen molar-refractivity contribution in [2.24, 2.45) is 5.10 Å². The van der Waals surface area contributed by atoms with Gasteiger partial charge in [-0.15, -0.1) is 0 Å². The van der Waals surface area contributed by atoms with E-state index < -0.39 is 11.7 Å². The summed E-state index contributed by atoms with van der Waals surface area (Å²) < 4.78 is 10.7. The highest BCUT2D eigenvalue weighted by Crippen LogP contribution is 2.24. The molecule has 28 heavy (non-hydrogen) atoms. The molecule has 0 aliphatic carbocycles. The Kier molecular flexibility index (Phi) is 5.17. The number of nitrogens with one attached hydrogen (secondary N) is 2. The van der Waals surface area contributed by atoms with E-state index in [9.17, 15) is 4.79 Å². The van der Waals surface area contributed by atoms with Crippen molar-refractivity contribution in [2.75, 3.05) is 13.2 Å². The number of hydrogen-bond acceptors (Lipinski definition) is 4. The third-order valence-corrected chi connectivity index (χ3v) is 4.98. The van der Waals surface area contributed by atoms with Gasteiger partial charge < -0.3 is 14.5 Å². The van der Waals surface area contributed by atoms with Crippen LogP contribution in [0.25, 0.3) is 10.9 Å². The van der Waals surface area contributed by atoms with E-state index in [1.165, 1.54) is 0 Å². The molecule has 1 aliphatic rings. The van der Waals surface area contributed by atoms with Gasteiger partial charge in [0.05, 0.1) is 19.4 Å². The van der Waals surface area contributed by atoms with E-state index in [4.69, 9.17) is 21.1 Å². The maximum atomic E-state index is 12.3. The highest BCUT2D eigenvalue weighted by atomic mass is 35.5. The molecule has 1 aromatic heterocycles. The number of hydrogen-bond donors (Lipinski definition) is 2. The van der Waals surface area contributed by atoms with Crippen LogP contribution in [0.1, 0.15) is 23.7 Å². The zero-order chi connectivity index (χ0) is 19.6. The smallest absolute Gasteiger partial charge is 0.300 e. The minimum atomic E-state index is -1.29. The number of halogens is 1. The number of fused-ring (bicyclic) bond motifs is 1. The van der Waals surface area contributed by atoms with Crippen LogP contribution in [0.4, 0.5) is 0 Å². The van der Waals surface area contributed by atoms with Crippen molar-refractivity contribution in [3.8, 4) is 0 Å². The van der Waals surface area contributed by atoms with E-state index in [-0.39, 0.29) is 0 Å². The number of carbonyl (C=O) groups excluding carboxylic acids is 1. The lowest BCUT2D eigenvalue weighted by Gasteiger charge is -2.18. The Bertz CT molecular complexity index is 1020. The Labute approximate surface area is 167 Å². The minimum absolute atomic E-state index is 0.390. The summed E-state index contributed by atoms with van der Waals surface area (Å²) in [6.45, 7) is 2.37. The standard InChI is InChI=1S/C21H20ClN3O3/c1-21(27-10-11-28-21)20(26)25-23-13-17-16-4-2-3-5-18(16)24-19(17)12-14-6-8-15(22)9-7-14/h2-9,13,24H,10-12H2,1H3,(H,25,26)/b23-13-. The average molecular weight is 398 g/mol. The lowest BCUT2D eigenvalue weighted by molar-refractivity contribution is -0.176. The summed E-state index contributed by atoms with van der Waals surface area (Å²) in [6, 6.07) is 15.7. The van der Waals surface area contributed by atoms with Crippen molar-refractivity contribution in [1.82, 2.24) is 10.4 Å². The van der Waals surface area contributed by atoms with Crippen molar-refractivity contribution in [1.29, 1.82) is 0 Å². The maximum Gasteiger partial charge on any atom is 0.300 e. The summed E-state index contributed by atoms with van der Waals surface area (Å²) in [6.07, 6.45) is 2.34. The number of para-hydroxylation sites is 1. The number of aromatic amines is 1. The van der Waals surface area contributed by atoms with Gasteiger partial charge in [-0.3, -0.25) is 4.79 Å². The van der Waals surface area contributed by atoms with Gasteiger partial charge in [0.2, 0.25) is 5.79 Å². The molecule has 0 unspecified atom stereocenters. The summed E-state index contributed by atoms with van der Waals surface area (Å²) in [5.74, 6) is -1.72. The van der Waals surface area contributed by atoms with Crippen LogP contribution >= 0.6 is 11.6 Å². The Morgan fingerprint density at radius 2 is 1.93 bits per heavy atom. The van der Waals surface area contributed by atoms with Crippen LogP contribution in [0.15, 0.2) is 53.6 Å². The lowest BCUT2D eigenvalue weighted by Crippen LogP contribution is -2.43. The summed E-state index contributed by atoms with van der Waals surface area (Å²) >= 11 is 5.98. The van der Waals surface area contributed by atoms with Crippen LogP contribution in [-0.4, -0.2) is 36.1 Å². The number of ether oxygens (including phenoxy) is 2. The minimum Gasteiger partial charge on any atom is -0.358 e. The van der Waals surface area contributed by atoms with Gasteiger partial charge in [-0.05, 0) is 30.7 Å². The number of nitrogens with zero attached hydrogens (tertiary/aromatic N) is 1. The molecule has 0 spiro atoms. The Morgan fingerprint density at radius 3 is 2.68 bits per heavy atom. The van der Waals surface area contributed by atoms with Gasteiger partial charge in [0, 0.05) is 33.6 Å². The van der Waals surface area contributed by atoms with Gasteiger partial charge >= 0.3 is 0 Å². The lowest BCUT2D eigenvalue weighted by atomic mass is 10.1. The van der Waals surface area contributed by atoms with Crippen molar-refractivity contribution in [3.05, 3.63) is 70.4 Å². The zero-order valence-corrected chi connectivity index (χ0v) is 16.1. The molecular weight excluding hydrogens is 378 g/mol. The normalized spacial score (nSPS) is 16.1. The number of amides is 1. The SMILES string of the molecule is CC1(C(=O)N/N=C\c2c(Cc3ccc(Cl)cc3)[nH]c3ccccc23)OCCO1. The number of aromatic nitrogens is 1. The van der Waals surface area contributed by atoms with Crippen LogP contribution < -0.4 is 5.43 Å². The molecule has 6 nitrogen and oxygen atoms in total. The molecule has 0 saturated carbocycles. The monoisotopic (exact) mass is 397 g/mol. The van der Waals surface area contributed by atoms with Gasteiger partial charge in [-0.1, -0.05) is 41.9 Å². The fraction of sp³-hybridized carbons (Fsp3) is 0.238. The first-order valence-electron chi connectivity index (χ1n) is 9.01. The molecule has 1 fully saturated rings. The van der Waals surface area contributed by atoms with Gasteiger partial charge in [-0.2, -0.15) is 5.10 Å². The molecular formula is C21H20ClN3O3. The Hall–Kier alpha value is -2.67. The second-order valence-electron chi connectivity index (χ2n) is 6.71. The Balaban J connectivity index is 1.59. The highest BCUT2D eigenvalue weighted by molar-refractivity contribution is 6.30. The fourth-order valence-corrected chi connectivity index (χ4v) is 3.34. The first kappa shape index (κ1) is 18.7. The van der Waals surface area contributed by atoms with Crippen molar-refractivity contribution in [3.63, 3.8) is 0 Å². The number of benzene rings is 2. The van der Waals surface area contributed by atoms with E-state index in [0.29, 0.717) is 24.7 Å². The average Bonchev–Trinajstić information content (AvgIpc) is 3.28. The molecule has 0 atom stereocenters. The molecule has 0 bridgehead atoms. The molecule has 2 heterocycles. The van der Waals surface area contributed by atoms with Gasteiger partial charge in [-0.25, -0.2) is 5.43 Å². The van der Waals surface area contributed by atoms with Crippen LogP contribution in [0.2, 0.25) is 5.02 Å². The first-order valence-corrected chi connectivity index (χ1v) is 9.38. The molecule has 2 aromatic carbocycles. The number of rotatable bonds is 5. The Morgan fingerprint density at radius 1 is 1.21 bits per heavy atom. The molecule has 4 rings (SSSR count). The number of hydrazone groups is 1. The maximum absolute atomic E-state index is 12.3. The van der Waals surface area contributed by atoms with Crippen LogP contribution in [0.3, 0.4) is 0 Å². The predicted molar refractivity (Wildman–Crippen MR) is 109 cm³/mol. The molecule has 1 saturated heterocycles.